The number of anilines is 1. The number of carbonyl (C=O) groups excluding carboxylic acids is 1. The van der Waals surface area contributed by atoms with Crippen LogP contribution in [0.3, 0.4) is 0 Å². The zero-order valence-corrected chi connectivity index (χ0v) is 16.7. The maximum absolute atomic E-state index is 14.5. The second-order valence-corrected chi connectivity index (χ2v) is 6.86. The maximum Gasteiger partial charge on any atom is 0.247 e. The van der Waals surface area contributed by atoms with E-state index in [2.05, 4.69) is 20.7 Å². The van der Waals surface area contributed by atoms with Gasteiger partial charge in [-0.05, 0) is 54.2 Å². The minimum Gasteiger partial charge on any atom is -0.434 e. The lowest BCUT2D eigenvalue weighted by molar-refractivity contribution is -0.119. The van der Waals surface area contributed by atoms with Gasteiger partial charge in [-0.1, -0.05) is 12.1 Å². The van der Waals surface area contributed by atoms with Crippen LogP contribution in [0.5, 0.6) is 11.6 Å². The van der Waals surface area contributed by atoms with E-state index in [1.807, 2.05) is 0 Å². The number of benzene rings is 2. The van der Waals surface area contributed by atoms with E-state index in [1.165, 1.54) is 42.7 Å². The molecule has 0 unspecified atom stereocenters. The third-order valence-electron chi connectivity index (χ3n) is 4.23. The molecule has 31 heavy (non-hydrogen) atoms. The molecule has 0 saturated carbocycles. The first-order valence-electron chi connectivity index (χ1n) is 9.09. The summed E-state index contributed by atoms with van der Waals surface area (Å²) in [7, 11) is 0. The van der Waals surface area contributed by atoms with Crippen molar-refractivity contribution >= 4 is 34.4 Å². The molecule has 0 spiro atoms. The molecule has 0 aliphatic carbocycles. The summed E-state index contributed by atoms with van der Waals surface area (Å²) in [5.74, 6) is -1.23. The van der Waals surface area contributed by atoms with Gasteiger partial charge in [0.1, 0.15) is 17.7 Å². The topological polar surface area (TPSA) is 80.5 Å². The standard InChI is InChI=1S/C21H15F2N5O2S/c22-14-5-3-13(4-6-14)10-19(29)27-21(31)26-15-7-8-18(16(23)11-15)30-20-17-2-1-9-28(17)25-12-24-20/h1-9,11-12H,10H2,(H2,26,27,29,31). The van der Waals surface area contributed by atoms with Crippen molar-refractivity contribution in [3.05, 3.63) is 84.3 Å². The summed E-state index contributed by atoms with van der Waals surface area (Å²) in [6.45, 7) is 0. The first-order chi connectivity index (χ1) is 15.0. The average Bonchev–Trinajstić information content (AvgIpc) is 3.21. The number of aromatic nitrogens is 3. The Balaban J connectivity index is 1.37. The fourth-order valence-electron chi connectivity index (χ4n) is 2.81. The molecule has 4 aromatic rings. The minimum atomic E-state index is -0.645. The van der Waals surface area contributed by atoms with Crippen LogP contribution in [0.15, 0.2) is 67.1 Å². The Morgan fingerprint density at radius 3 is 2.71 bits per heavy atom. The van der Waals surface area contributed by atoms with Gasteiger partial charge in [-0.2, -0.15) is 10.1 Å². The number of halogens is 2. The predicted octanol–water partition coefficient (Wildman–Crippen LogP) is 3.86. The first kappa shape index (κ1) is 20.4. The zero-order valence-electron chi connectivity index (χ0n) is 15.9. The molecule has 0 atom stereocenters. The van der Waals surface area contributed by atoms with Gasteiger partial charge in [0, 0.05) is 18.0 Å². The molecular weight excluding hydrogens is 424 g/mol. The molecule has 0 bridgehead atoms. The Labute approximate surface area is 180 Å². The van der Waals surface area contributed by atoms with Gasteiger partial charge >= 0.3 is 0 Å². The summed E-state index contributed by atoms with van der Waals surface area (Å²) in [6.07, 6.45) is 3.05. The SMILES string of the molecule is O=C(Cc1ccc(F)cc1)NC(=S)Nc1ccc(Oc2ncnn3cccc23)c(F)c1. The highest BCUT2D eigenvalue weighted by Gasteiger charge is 2.12. The van der Waals surface area contributed by atoms with E-state index in [-0.39, 0.29) is 34.9 Å². The quantitative estimate of drug-likeness (QED) is 0.460. The summed E-state index contributed by atoms with van der Waals surface area (Å²) in [4.78, 5) is 16.1. The number of thiocarbonyl (C=S) groups is 1. The fourth-order valence-corrected chi connectivity index (χ4v) is 3.04. The normalized spacial score (nSPS) is 10.6. The monoisotopic (exact) mass is 439 g/mol. The second kappa shape index (κ2) is 8.84. The fraction of sp³-hybridized carbons (Fsp3) is 0.0476. The molecule has 1 amide bonds. The van der Waals surface area contributed by atoms with Crippen molar-refractivity contribution in [2.45, 2.75) is 6.42 Å². The Bertz CT molecular complexity index is 1260. The van der Waals surface area contributed by atoms with Gasteiger partial charge in [0.25, 0.3) is 0 Å². The van der Waals surface area contributed by atoms with Crippen molar-refractivity contribution in [3.63, 3.8) is 0 Å². The van der Waals surface area contributed by atoms with Gasteiger partial charge in [0.15, 0.2) is 16.7 Å². The van der Waals surface area contributed by atoms with Crippen LogP contribution in [-0.4, -0.2) is 25.6 Å². The van der Waals surface area contributed by atoms with E-state index in [0.717, 1.165) is 0 Å². The second-order valence-electron chi connectivity index (χ2n) is 6.46. The number of nitrogens with zero attached hydrogens (tertiary/aromatic N) is 3. The number of amides is 1. The number of rotatable bonds is 5. The van der Waals surface area contributed by atoms with E-state index in [4.69, 9.17) is 17.0 Å². The van der Waals surface area contributed by atoms with Gasteiger partial charge in [0.05, 0.1) is 6.42 Å². The van der Waals surface area contributed by atoms with E-state index in [1.54, 1.807) is 28.9 Å². The Morgan fingerprint density at radius 2 is 1.94 bits per heavy atom. The van der Waals surface area contributed by atoms with Crippen LogP contribution in [-0.2, 0) is 11.2 Å². The molecule has 0 aliphatic rings. The molecule has 4 rings (SSSR count). The van der Waals surface area contributed by atoms with Crippen LogP contribution in [0, 0.1) is 11.6 Å². The molecule has 10 heteroatoms. The number of ether oxygens (including phenoxy) is 1. The highest BCUT2D eigenvalue weighted by molar-refractivity contribution is 7.80. The lowest BCUT2D eigenvalue weighted by Crippen LogP contribution is -2.35. The zero-order chi connectivity index (χ0) is 21.8. The number of nitrogens with one attached hydrogen (secondary N) is 2. The molecule has 2 N–H and O–H groups in total. The lowest BCUT2D eigenvalue weighted by atomic mass is 10.1. The van der Waals surface area contributed by atoms with Crippen LogP contribution in [0.25, 0.3) is 5.52 Å². The van der Waals surface area contributed by atoms with Crippen molar-refractivity contribution in [2.75, 3.05) is 5.32 Å². The summed E-state index contributed by atoms with van der Waals surface area (Å²) < 4.78 is 34.6. The molecule has 156 valence electrons. The molecule has 0 saturated heterocycles. The molecule has 2 aromatic heterocycles. The highest BCUT2D eigenvalue weighted by Crippen LogP contribution is 2.27. The van der Waals surface area contributed by atoms with Crippen molar-refractivity contribution in [3.8, 4) is 11.6 Å². The van der Waals surface area contributed by atoms with E-state index in [0.29, 0.717) is 16.8 Å². The first-order valence-corrected chi connectivity index (χ1v) is 9.50. The number of hydrogen-bond donors (Lipinski definition) is 2. The van der Waals surface area contributed by atoms with Gasteiger partial charge in [-0.25, -0.2) is 13.3 Å². The van der Waals surface area contributed by atoms with Crippen molar-refractivity contribution in [2.24, 2.45) is 0 Å². The third kappa shape index (κ3) is 4.98. The van der Waals surface area contributed by atoms with Gasteiger partial charge in [-0.3, -0.25) is 4.79 Å². The number of fused-ring (bicyclic) bond motifs is 1. The molecule has 7 nitrogen and oxygen atoms in total. The molecular formula is C21H15F2N5O2S. The molecule has 0 aliphatic heterocycles. The van der Waals surface area contributed by atoms with E-state index >= 15 is 0 Å². The van der Waals surface area contributed by atoms with Crippen LogP contribution < -0.4 is 15.4 Å². The van der Waals surface area contributed by atoms with Gasteiger partial charge in [-0.15, -0.1) is 0 Å². The molecule has 0 radical (unpaired) electrons. The Hall–Kier alpha value is -3.92. The number of carbonyl (C=O) groups is 1. The average molecular weight is 439 g/mol. The van der Waals surface area contributed by atoms with Gasteiger partial charge in [0.2, 0.25) is 11.8 Å². The van der Waals surface area contributed by atoms with E-state index < -0.39 is 5.82 Å². The summed E-state index contributed by atoms with van der Waals surface area (Å²) in [6, 6.07) is 13.2. The molecule has 2 heterocycles. The Morgan fingerprint density at radius 1 is 1.13 bits per heavy atom. The maximum atomic E-state index is 14.5. The third-order valence-corrected chi connectivity index (χ3v) is 4.43. The minimum absolute atomic E-state index is 0.00544. The van der Waals surface area contributed by atoms with E-state index in [9.17, 15) is 13.6 Å². The predicted molar refractivity (Wildman–Crippen MR) is 114 cm³/mol. The summed E-state index contributed by atoms with van der Waals surface area (Å²) in [5.41, 5.74) is 1.55. The smallest absolute Gasteiger partial charge is 0.247 e. The Kier molecular flexibility index (Phi) is 5.80. The largest absolute Gasteiger partial charge is 0.434 e. The lowest BCUT2D eigenvalue weighted by Gasteiger charge is -2.11. The van der Waals surface area contributed by atoms with Crippen LogP contribution in [0.1, 0.15) is 5.56 Å². The van der Waals surface area contributed by atoms with Crippen LogP contribution in [0.2, 0.25) is 0 Å². The van der Waals surface area contributed by atoms with Crippen molar-refractivity contribution in [1.82, 2.24) is 19.9 Å². The van der Waals surface area contributed by atoms with Crippen molar-refractivity contribution in [1.29, 1.82) is 0 Å². The summed E-state index contributed by atoms with van der Waals surface area (Å²) in [5, 5.41) is 9.26. The highest BCUT2D eigenvalue weighted by atomic mass is 32.1. The van der Waals surface area contributed by atoms with Gasteiger partial charge < -0.3 is 15.4 Å². The molecule has 2 aromatic carbocycles. The van der Waals surface area contributed by atoms with Crippen LogP contribution in [0.4, 0.5) is 14.5 Å². The van der Waals surface area contributed by atoms with Crippen molar-refractivity contribution < 1.29 is 18.3 Å². The number of hydrogen-bond acceptors (Lipinski definition) is 5. The van der Waals surface area contributed by atoms with Crippen LogP contribution >= 0.6 is 12.2 Å². The molecule has 0 fully saturated rings. The summed E-state index contributed by atoms with van der Waals surface area (Å²) >= 11 is 5.10.